The van der Waals surface area contributed by atoms with Crippen molar-refractivity contribution < 1.29 is 9.90 Å². The van der Waals surface area contributed by atoms with E-state index in [4.69, 9.17) is 5.11 Å². The molecule has 2 rings (SSSR count). The van der Waals surface area contributed by atoms with E-state index in [0.29, 0.717) is 12.1 Å². The molecule has 0 aromatic heterocycles. The smallest absolute Gasteiger partial charge is 0.335 e. The molecule has 0 heterocycles. The summed E-state index contributed by atoms with van der Waals surface area (Å²) in [5.41, 5.74) is 3.74. The van der Waals surface area contributed by atoms with Gasteiger partial charge < -0.3 is 10.4 Å². The number of hydrogen-bond donors (Lipinski definition) is 2. The van der Waals surface area contributed by atoms with Gasteiger partial charge in [-0.25, -0.2) is 4.79 Å². The Bertz CT molecular complexity index is 624. The predicted molar refractivity (Wildman–Crippen MR) is 85.9 cm³/mol. The Hall–Kier alpha value is -2.29. The molecule has 0 radical (unpaired) electrons. The molecule has 0 bridgehead atoms. The van der Waals surface area contributed by atoms with E-state index in [-0.39, 0.29) is 5.41 Å². The van der Waals surface area contributed by atoms with E-state index in [9.17, 15) is 4.79 Å². The molecule has 2 aromatic rings. The van der Waals surface area contributed by atoms with Crippen molar-refractivity contribution in [2.45, 2.75) is 32.7 Å². The standard InChI is InChI=1S/C18H21NO2/c1-18(2,3)15-9-7-13(8-10-15)12-19-16-6-4-5-14(11-16)17(20)21/h4-11,19H,12H2,1-3H3,(H,20,21). The third-order valence-corrected chi connectivity index (χ3v) is 3.43. The van der Waals surface area contributed by atoms with Crippen molar-refractivity contribution in [3.8, 4) is 0 Å². The molecule has 0 amide bonds. The van der Waals surface area contributed by atoms with Crippen LogP contribution in [0.5, 0.6) is 0 Å². The van der Waals surface area contributed by atoms with E-state index in [1.807, 2.05) is 6.07 Å². The molecule has 0 atom stereocenters. The van der Waals surface area contributed by atoms with Gasteiger partial charge in [0.1, 0.15) is 0 Å². The highest BCUT2D eigenvalue weighted by Gasteiger charge is 2.12. The molecular weight excluding hydrogens is 262 g/mol. The molecule has 0 spiro atoms. The first-order valence-corrected chi connectivity index (χ1v) is 7.03. The number of rotatable bonds is 4. The van der Waals surface area contributed by atoms with Crippen LogP contribution in [0.3, 0.4) is 0 Å². The Kier molecular flexibility index (Phi) is 4.32. The van der Waals surface area contributed by atoms with Crippen molar-refractivity contribution in [3.05, 3.63) is 65.2 Å². The number of carboxylic acid groups (broad SMARTS) is 1. The lowest BCUT2D eigenvalue weighted by molar-refractivity contribution is 0.0697. The maximum absolute atomic E-state index is 10.9. The van der Waals surface area contributed by atoms with E-state index >= 15 is 0 Å². The van der Waals surface area contributed by atoms with Crippen LogP contribution in [0.15, 0.2) is 48.5 Å². The Morgan fingerprint density at radius 3 is 2.33 bits per heavy atom. The molecule has 0 unspecified atom stereocenters. The molecule has 0 aliphatic rings. The summed E-state index contributed by atoms with van der Waals surface area (Å²) in [6.07, 6.45) is 0. The Morgan fingerprint density at radius 2 is 1.76 bits per heavy atom. The molecule has 0 aliphatic heterocycles. The van der Waals surface area contributed by atoms with Gasteiger partial charge in [0.2, 0.25) is 0 Å². The largest absolute Gasteiger partial charge is 0.478 e. The van der Waals surface area contributed by atoms with Crippen molar-refractivity contribution in [1.29, 1.82) is 0 Å². The first-order valence-electron chi connectivity index (χ1n) is 7.03. The molecule has 110 valence electrons. The van der Waals surface area contributed by atoms with Gasteiger partial charge >= 0.3 is 5.97 Å². The minimum atomic E-state index is -0.909. The fraction of sp³-hybridized carbons (Fsp3) is 0.278. The van der Waals surface area contributed by atoms with Crippen LogP contribution in [0, 0.1) is 0 Å². The Labute approximate surface area is 125 Å². The minimum absolute atomic E-state index is 0.155. The normalized spacial score (nSPS) is 11.2. The molecule has 2 N–H and O–H groups in total. The second-order valence-corrected chi connectivity index (χ2v) is 6.19. The molecule has 0 aliphatic carbocycles. The molecule has 3 nitrogen and oxygen atoms in total. The van der Waals surface area contributed by atoms with Gasteiger partial charge in [-0.15, -0.1) is 0 Å². The minimum Gasteiger partial charge on any atom is -0.478 e. The van der Waals surface area contributed by atoms with E-state index in [1.165, 1.54) is 11.1 Å². The highest BCUT2D eigenvalue weighted by molar-refractivity contribution is 5.88. The summed E-state index contributed by atoms with van der Waals surface area (Å²) in [4.78, 5) is 10.9. The zero-order valence-corrected chi connectivity index (χ0v) is 12.7. The first kappa shape index (κ1) is 15.1. The molecule has 0 saturated heterocycles. The second kappa shape index (κ2) is 6.00. The fourth-order valence-corrected chi connectivity index (χ4v) is 2.09. The summed E-state index contributed by atoms with van der Waals surface area (Å²) in [5.74, 6) is -0.909. The number of carbonyl (C=O) groups is 1. The average molecular weight is 283 g/mol. The molecular formula is C18H21NO2. The maximum Gasteiger partial charge on any atom is 0.335 e. The van der Waals surface area contributed by atoms with Crippen molar-refractivity contribution in [2.75, 3.05) is 5.32 Å². The fourth-order valence-electron chi connectivity index (χ4n) is 2.09. The van der Waals surface area contributed by atoms with Crippen molar-refractivity contribution in [3.63, 3.8) is 0 Å². The highest BCUT2D eigenvalue weighted by Crippen LogP contribution is 2.22. The molecule has 3 heteroatoms. The van der Waals surface area contributed by atoms with Gasteiger partial charge in [0.15, 0.2) is 0 Å². The number of hydrogen-bond acceptors (Lipinski definition) is 2. The van der Waals surface area contributed by atoms with Crippen LogP contribution in [-0.4, -0.2) is 11.1 Å². The monoisotopic (exact) mass is 283 g/mol. The lowest BCUT2D eigenvalue weighted by Crippen LogP contribution is -2.11. The number of aromatic carboxylic acids is 1. The predicted octanol–water partition coefficient (Wildman–Crippen LogP) is 4.29. The highest BCUT2D eigenvalue weighted by atomic mass is 16.4. The van der Waals surface area contributed by atoms with Gasteiger partial charge in [0.05, 0.1) is 5.56 Å². The van der Waals surface area contributed by atoms with E-state index in [2.05, 4.69) is 50.4 Å². The van der Waals surface area contributed by atoms with Crippen LogP contribution >= 0.6 is 0 Å². The average Bonchev–Trinajstić information content (AvgIpc) is 2.45. The van der Waals surface area contributed by atoms with Crippen LogP contribution in [0.1, 0.15) is 42.3 Å². The van der Waals surface area contributed by atoms with Gasteiger partial charge in [0, 0.05) is 12.2 Å². The van der Waals surface area contributed by atoms with Crippen molar-refractivity contribution in [1.82, 2.24) is 0 Å². The number of benzene rings is 2. The first-order chi connectivity index (χ1) is 9.86. The van der Waals surface area contributed by atoms with E-state index < -0.39 is 5.97 Å². The van der Waals surface area contributed by atoms with Crippen LogP contribution < -0.4 is 5.32 Å². The lowest BCUT2D eigenvalue weighted by Gasteiger charge is -2.19. The van der Waals surface area contributed by atoms with Crippen molar-refractivity contribution >= 4 is 11.7 Å². The number of anilines is 1. The van der Waals surface area contributed by atoms with E-state index in [1.54, 1.807) is 18.2 Å². The zero-order valence-electron chi connectivity index (χ0n) is 12.7. The Balaban J connectivity index is 2.03. The van der Waals surface area contributed by atoms with Crippen LogP contribution in [0.4, 0.5) is 5.69 Å². The SMILES string of the molecule is CC(C)(C)c1ccc(CNc2cccc(C(=O)O)c2)cc1. The maximum atomic E-state index is 10.9. The summed E-state index contributed by atoms with van der Waals surface area (Å²) in [7, 11) is 0. The summed E-state index contributed by atoms with van der Waals surface area (Å²) in [6.45, 7) is 7.25. The molecule has 0 saturated carbocycles. The number of carboxylic acids is 1. The van der Waals surface area contributed by atoms with Gasteiger partial charge in [-0.05, 0) is 34.7 Å². The quantitative estimate of drug-likeness (QED) is 0.879. The van der Waals surface area contributed by atoms with E-state index in [0.717, 1.165) is 5.69 Å². The summed E-state index contributed by atoms with van der Waals surface area (Å²) >= 11 is 0. The van der Waals surface area contributed by atoms with Gasteiger partial charge in [0.25, 0.3) is 0 Å². The molecule has 0 fully saturated rings. The summed E-state index contributed by atoms with van der Waals surface area (Å²) in [5, 5.41) is 12.2. The van der Waals surface area contributed by atoms with Crippen LogP contribution in [0.2, 0.25) is 0 Å². The van der Waals surface area contributed by atoms with Crippen LogP contribution in [0.25, 0.3) is 0 Å². The van der Waals surface area contributed by atoms with Crippen LogP contribution in [-0.2, 0) is 12.0 Å². The van der Waals surface area contributed by atoms with Crippen molar-refractivity contribution in [2.24, 2.45) is 0 Å². The third kappa shape index (κ3) is 4.09. The summed E-state index contributed by atoms with van der Waals surface area (Å²) < 4.78 is 0. The summed E-state index contributed by atoms with van der Waals surface area (Å²) in [6, 6.07) is 15.3. The third-order valence-electron chi connectivity index (χ3n) is 3.43. The lowest BCUT2D eigenvalue weighted by atomic mass is 9.87. The van der Waals surface area contributed by atoms with Gasteiger partial charge in [-0.3, -0.25) is 0 Å². The Morgan fingerprint density at radius 1 is 1.10 bits per heavy atom. The zero-order chi connectivity index (χ0) is 15.5. The molecule has 21 heavy (non-hydrogen) atoms. The molecule has 2 aromatic carbocycles. The van der Waals surface area contributed by atoms with Gasteiger partial charge in [-0.1, -0.05) is 51.1 Å². The van der Waals surface area contributed by atoms with Gasteiger partial charge in [-0.2, -0.15) is 0 Å². The topological polar surface area (TPSA) is 49.3 Å². The second-order valence-electron chi connectivity index (χ2n) is 6.19. The number of nitrogens with one attached hydrogen (secondary N) is 1.